The van der Waals surface area contributed by atoms with Crippen molar-refractivity contribution in [2.45, 2.75) is 0 Å². The third-order valence-corrected chi connectivity index (χ3v) is 2.57. The van der Waals surface area contributed by atoms with Crippen LogP contribution in [0.4, 0.5) is 0 Å². The number of aromatic carboxylic acids is 1. The number of para-hydroxylation sites is 1. The van der Waals surface area contributed by atoms with E-state index >= 15 is 0 Å². The first-order chi connectivity index (χ1) is 8.77. The van der Waals surface area contributed by atoms with Gasteiger partial charge in [0.2, 0.25) is 0 Å². The van der Waals surface area contributed by atoms with Gasteiger partial charge in [0.25, 0.3) is 0 Å². The third kappa shape index (κ3) is 1.51. The summed E-state index contributed by atoms with van der Waals surface area (Å²) in [6.07, 6.45) is 1.44. The smallest absolute Gasteiger partial charge is 0.356 e. The van der Waals surface area contributed by atoms with Crippen LogP contribution in [0.3, 0.4) is 0 Å². The molecule has 0 aliphatic rings. The Morgan fingerprint density at radius 2 is 2.00 bits per heavy atom. The summed E-state index contributed by atoms with van der Waals surface area (Å²) < 4.78 is 1.48. The number of benzene rings is 1. The van der Waals surface area contributed by atoms with Gasteiger partial charge >= 0.3 is 5.97 Å². The number of carboxylic acid groups (broad SMARTS) is 1. The van der Waals surface area contributed by atoms with E-state index in [1.165, 1.54) is 10.9 Å². The number of nitrogens with zero attached hydrogens (tertiary/aromatic N) is 4. The number of aromatic nitrogens is 4. The lowest BCUT2D eigenvalue weighted by atomic mass is 10.2. The zero-order valence-corrected chi connectivity index (χ0v) is 9.19. The van der Waals surface area contributed by atoms with E-state index in [0.717, 1.165) is 5.52 Å². The van der Waals surface area contributed by atoms with E-state index in [0.29, 0.717) is 11.2 Å². The highest BCUT2D eigenvalue weighted by Gasteiger charge is 2.15. The second kappa shape index (κ2) is 3.92. The Bertz CT molecular complexity index is 736. The maximum Gasteiger partial charge on any atom is 0.356 e. The Balaban J connectivity index is 2.30. The van der Waals surface area contributed by atoms with Crippen molar-refractivity contribution in [2.24, 2.45) is 0 Å². The molecule has 2 aromatic heterocycles. The summed E-state index contributed by atoms with van der Waals surface area (Å²) >= 11 is 0. The summed E-state index contributed by atoms with van der Waals surface area (Å²) in [5.41, 5.74) is 1.80. The Morgan fingerprint density at radius 3 is 2.83 bits per heavy atom. The van der Waals surface area contributed by atoms with E-state index in [1.54, 1.807) is 12.1 Å². The summed E-state index contributed by atoms with van der Waals surface area (Å²) in [7, 11) is 0. The van der Waals surface area contributed by atoms with Gasteiger partial charge in [-0.15, -0.1) is 5.10 Å². The first kappa shape index (κ1) is 10.4. The molecule has 0 fully saturated rings. The fourth-order valence-corrected chi connectivity index (χ4v) is 1.78. The summed E-state index contributed by atoms with van der Waals surface area (Å²) in [4.78, 5) is 15.0. The highest BCUT2D eigenvalue weighted by Crippen LogP contribution is 2.17. The first-order valence-electron chi connectivity index (χ1n) is 5.26. The van der Waals surface area contributed by atoms with Crippen LogP contribution in [0.15, 0.2) is 42.6 Å². The topological polar surface area (TPSA) is 80.9 Å². The maximum atomic E-state index is 11.1. The number of hydrogen-bond donors (Lipinski definition) is 1. The molecule has 3 aromatic rings. The van der Waals surface area contributed by atoms with Crippen molar-refractivity contribution in [3.8, 4) is 5.69 Å². The van der Waals surface area contributed by atoms with Crippen LogP contribution in [0.2, 0.25) is 0 Å². The molecule has 1 N–H and O–H groups in total. The standard InChI is InChI=1S/C12H8N4O2/c17-12(18)11-10(6-3-7-13-11)16-9-5-2-1-4-8(9)14-15-16/h1-7H,(H,17,18). The SMILES string of the molecule is O=C(O)c1ncccc1-n1nnc2ccccc21. The second-order valence-corrected chi connectivity index (χ2v) is 3.67. The molecule has 0 aliphatic heterocycles. The molecule has 88 valence electrons. The van der Waals surface area contributed by atoms with Crippen molar-refractivity contribution in [1.82, 2.24) is 20.0 Å². The van der Waals surface area contributed by atoms with Crippen molar-refractivity contribution in [3.05, 3.63) is 48.3 Å². The van der Waals surface area contributed by atoms with Crippen molar-refractivity contribution in [1.29, 1.82) is 0 Å². The van der Waals surface area contributed by atoms with Crippen LogP contribution in [0, 0.1) is 0 Å². The molecule has 0 spiro atoms. The molecule has 3 rings (SSSR count). The van der Waals surface area contributed by atoms with Crippen LogP contribution in [0.1, 0.15) is 10.5 Å². The van der Waals surface area contributed by atoms with Crippen LogP contribution in [0.5, 0.6) is 0 Å². The minimum atomic E-state index is -1.09. The maximum absolute atomic E-state index is 11.1. The van der Waals surface area contributed by atoms with Gasteiger partial charge in [-0.1, -0.05) is 17.3 Å². The average molecular weight is 240 g/mol. The van der Waals surface area contributed by atoms with Gasteiger partial charge in [0.1, 0.15) is 11.2 Å². The van der Waals surface area contributed by atoms with E-state index < -0.39 is 5.97 Å². The fraction of sp³-hybridized carbons (Fsp3) is 0. The lowest BCUT2D eigenvalue weighted by Gasteiger charge is -2.04. The summed E-state index contributed by atoms with van der Waals surface area (Å²) in [5.74, 6) is -1.09. The molecule has 0 bridgehead atoms. The molecule has 0 aliphatic carbocycles. The Kier molecular flexibility index (Phi) is 2.26. The molecule has 6 heteroatoms. The normalized spacial score (nSPS) is 10.7. The van der Waals surface area contributed by atoms with Gasteiger partial charge in [-0.3, -0.25) is 0 Å². The molecule has 6 nitrogen and oxygen atoms in total. The summed E-state index contributed by atoms with van der Waals surface area (Å²) in [5, 5.41) is 17.1. The molecular formula is C12H8N4O2. The summed E-state index contributed by atoms with van der Waals surface area (Å²) in [6, 6.07) is 10.7. The van der Waals surface area contributed by atoms with Gasteiger partial charge in [0.05, 0.1) is 5.52 Å². The zero-order chi connectivity index (χ0) is 12.5. The molecule has 0 amide bonds. The number of fused-ring (bicyclic) bond motifs is 1. The van der Waals surface area contributed by atoms with Gasteiger partial charge in [0.15, 0.2) is 5.69 Å². The second-order valence-electron chi connectivity index (χ2n) is 3.67. The number of rotatable bonds is 2. The minimum absolute atomic E-state index is 0.0480. The monoisotopic (exact) mass is 240 g/mol. The van der Waals surface area contributed by atoms with Crippen LogP contribution in [-0.2, 0) is 0 Å². The van der Waals surface area contributed by atoms with Crippen LogP contribution < -0.4 is 0 Å². The molecule has 1 aromatic carbocycles. The van der Waals surface area contributed by atoms with Crippen LogP contribution in [0.25, 0.3) is 16.7 Å². The predicted molar refractivity (Wildman–Crippen MR) is 63.6 cm³/mol. The Labute approximate surface area is 102 Å². The zero-order valence-electron chi connectivity index (χ0n) is 9.19. The van der Waals surface area contributed by atoms with E-state index in [1.807, 2.05) is 24.3 Å². The van der Waals surface area contributed by atoms with Crippen LogP contribution in [-0.4, -0.2) is 31.1 Å². The number of hydrogen-bond acceptors (Lipinski definition) is 4. The first-order valence-corrected chi connectivity index (χ1v) is 5.26. The number of carbonyl (C=O) groups is 1. The van der Waals surface area contributed by atoms with E-state index in [2.05, 4.69) is 15.3 Å². The molecule has 0 radical (unpaired) electrons. The number of carboxylic acids is 1. The van der Waals surface area contributed by atoms with Gasteiger partial charge in [-0.25, -0.2) is 14.5 Å². The van der Waals surface area contributed by atoms with E-state index in [4.69, 9.17) is 5.11 Å². The van der Waals surface area contributed by atoms with Gasteiger partial charge in [-0.2, -0.15) is 0 Å². The third-order valence-electron chi connectivity index (χ3n) is 2.57. The van der Waals surface area contributed by atoms with Crippen molar-refractivity contribution in [3.63, 3.8) is 0 Å². The van der Waals surface area contributed by atoms with Gasteiger partial charge in [0, 0.05) is 6.20 Å². The number of pyridine rings is 1. The largest absolute Gasteiger partial charge is 0.476 e. The minimum Gasteiger partial charge on any atom is -0.476 e. The summed E-state index contributed by atoms with van der Waals surface area (Å²) in [6.45, 7) is 0. The van der Waals surface area contributed by atoms with Crippen molar-refractivity contribution >= 4 is 17.0 Å². The molecule has 0 atom stereocenters. The Morgan fingerprint density at radius 1 is 1.17 bits per heavy atom. The lowest BCUT2D eigenvalue weighted by molar-refractivity contribution is 0.0690. The lowest BCUT2D eigenvalue weighted by Crippen LogP contribution is -2.08. The van der Waals surface area contributed by atoms with Gasteiger partial charge < -0.3 is 5.11 Å². The predicted octanol–water partition coefficient (Wildman–Crippen LogP) is 1.51. The molecule has 18 heavy (non-hydrogen) atoms. The molecule has 0 saturated heterocycles. The van der Waals surface area contributed by atoms with E-state index in [9.17, 15) is 4.79 Å². The van der Waals surface area contributed by atoms with Crippen LogP contribution >= 0.6 is 0 Å². The molecular weight excluding hydrogens is 232 g/mol. The Hall–Kier alpha value is -2.76. The molecule has 2 heterocycles. The average Bonchev–Trinajstić information content (AvgIpc) is 2.82. The highest BCUT2D eigenvalue weighted by atomic mass is 16.4. The van der Waals surface area contributed by atoms with Crippen molar-refractivity contribution in [2.75, 3.05) is 0 Å². The van der Waals surface area contributed by atoms with Crippen molar-refractivity contribution < 1.29 is 9.90 Å². The molecule has 0 saturated carbocycles. The molecule has 0 unspecified atom stereocenters. The van der Waals surface area contributed by atoms with E-state index in [-0.39, 0.29) is 5.69 Å². The fourth-order valence-electron chi connectivity index (χ4n) is 1.78. The quantitative estimate of drug-likeness (QED) is 0.734. The highest BCUT2D eigenvalue weighted by molar-refractivity contribution is 5.90. The van der Waals surface area contributed by atoms with Gasteiger partial charge in [-0.05, 0) is 24.3 Å².